The van der Waals surface area contributed by atoms with Crippen LogP contribution in [0.4, 0.5) is 18.9 Å². The predicted molar refractivity (Wildman–Crippen MR) is 120 cm³/mol. The van der Waals surface area contributed by atoms with Crippen LogP contribution >= 0.6 is 0 Å². The van der Waals surface area contributed by atoms with Crippen LogP contribution in [0.15, 0.2) is 79.9 Å². The van der Waals surface area contributed by atoms with Crippen molar-refractivity contribution >= 4 is 17.2 Å². The van der Waals surface area contributed by atoms with Crippen LogP contribution in [0, 0.1) is 6.92 Å². The van der Waals surface area contributed by atoms with E-state index in [-0.39, 0.29) is 11.4 Å². The molecule has 1 amide bonds. The summed E-state index contributed by atoms with van der Waals surface area (Å²) in [4.78, 5) is 25.3. The minimum absolute atomic E-state index is 0.0199. The SMILES string of the molecule is Cc1ccc(C(=O)Nc2cc(-n3ccnc3)cc(C(F)(F)F)c2)cc1-c1cnc2cnccn12. The van der Waals surface area contributed by atoms with Gasteiger partial charge in [-0.3, -0.25) is 14.2 Å². The van der Waals surface area contributed by atoms with Crippen LogP contribution in [-0.4, -0.2) is 29.8 Å². The van der Waals surface area contributed by atoms with Crippen LogP contribution in [0.25, 0.3) is 22.6 Å². The molecular formula is C24H17F3N6O. The molecule has 0 aliphatic carbocycles. The normalized spacial score (nSPS) is 11.6. The van der Waals surface area contributed by atoms with Crippen molar-refractivity contribution in [3.63, 3.8) is 0 Å². The summed E-state index contributed by atoms with van der Waals surface area (Å²) in [5.74, 6) is -0.535. The van der Waals surface area contributed by atoms with Crippen LogP contribution in [0.2, 0.25) is 0 Å². The molecule has 0 spiro atoms. The lowest BCUT2D eigenvalue weighted by Gasteiger charge is -2.14. The molecular weight excluding hydrogens is 445 g/mol. The Kier molecular flexibility index (Phi) is 5.12. The molecule has 0 saturated heterocycles. The maximum Gasteiger partial charge on any atom is 0.416 e. The minimum Gasteiger partial charge on any atom is -0.322 e. The van der Waals surface area contributed by atoms with Crippen molar-refractivity contribution in [2.24, 2.45) is 0 Å². The van der Waals surface area contributed by atoms with Crippen molar-refractivity contribution in [3.8, 4) is 16.9 Å². The number of aromatic nitrogens is 5. The molecule has 5 rings (SSSR count). The van der Waals surface area contributed by atoms with E-state index >= 15 is 0 Å². The third kappa shape index (κ3) is 4.01. The number of hydrogen-bond donors (Lipinski definition) is 1. The summed E-state index contributed by atoms with van der Waals surface area (Å²) in [6, 6.07) is 8.48. The highest BCUT2D eigenvalue weighted by molar-refractivity contribution is 6.05. The summed E-state index contributed by atoms with van der Waals surface area (Å²) in [7, 11) is 0. The lowest BCUT2D eigenvalue weighted by molar-refractivity contribution is -0.137. The Balaban J connectivity index is 1.51. The fourth-order valence-corrected chi connectivity index (χ4v) is 3.69. The number of alkyl halides is 3. The van der Waals surface area contributed by atoms with Gasteiger partial charge >= 0.3 is 6.18 Å². The lowest BCUT2D eigenvalue weighted by atomic mass is 10.0. The van der Waals surface area contributed by atoms with Crippen LogP contribution < -0.4 is 5.32 Å². The van der Waals surface area contributed by atoms with Crippen molar-refractivity contribution in [1.29, 1.82) is 0 Å². The fourth-order valence-electron chi connectivity index (χ4n) is 3.69. The molecule has 0 atom stereocenters. The van der Waals surface area contributed by atoms with E-state index in [0.717, 1.165) is 29.0 Å². The van der Waals surface area contributed by atoms with Crippen LogP contribution in [0.5, 0.6) is 0 Å². The summed E-state index contributed by atoms with van der Waals surface area (Å²) >= 11 is 0. The molecule has 3 heterocycles. The number of nitrogens with zero attached hydrogens (tertiary/aromatic N) is 5. The second kappa shape index (κ2) is 8.14. The van der Waals surface area contributed by atoms with E-state index in [1.165, 1.54) is 29.4 Å². The highest BCUT2D eigenvalue weighted by atomic mass is 19.4. The number of amides is 1. The quantitative estimate of drug-likeness (QED) is 0.400. The Morgan fingerprint density at radius 2 is 1.82 bits per heavy atom. The second-order valence-corrected chi connectivity index (χ2v) is 7.67. The largest absolute Gasteiger partial charge is 0.416 e. The molecule has 0 fully saturated rings. The zero-order valence-electron chi connectivity index (χ0n) is 17.8. The van der Waals surface area contributed by atoms with Gasteiger partial charge in [-0.25, -0.2) is 9.97 Å². The maximum absolute atomic E-state index is 13.5. The summed E-state index contributed by atoms with van der Waals surface area (Å²) in [5.41, 5.74) is 2.78. The molecule has 0 aliphatic heterocycles. The Hall–Kier alpha value is -4.47. The summed E-state index contributed by atoms with van der Waals surface area (Å²) in [6.45, 7) is 1.90. The number of benzene rings is 2. The molecule has 5 aromatic rings. The molecule has 1 N–H and O–H groups in total. The Labute approximate surface area is 191 Å². The molecule has 2 aromatic carbocycles. The van der Waals surface area contributed by atoms with Gasteiger partial charge in [0.2, 0.25) is 0 Å². The summed E-state index contributed by atoms with van der Waals surface area (Å²) in [5, 5.41) is 2.60. The number of hydrogen-bond acceptors (Lipinski definition) is 4. The van der Waals surface area contributed by atoms with Crippen molar-refractivity contribution in [3.05, 3.63) is 96.6 Å². The monoisotopic (exact) mass is 462 g/mol. The zero-order valence-corrected chi connectivity index (χ0v) is 17.8. The van der Waals surface area contributed by atoms with E-state index < -0.39 is 17.6 Å². The number of rotatable bonds is 4. The number of fused-ring (bicyclic) bond motifs is 1. The average Bonchev–Trinajstić information content (AvgIpc) is 3.49. The van der Waals surface area contributed by atoms with Crippen molar-refractivity contribution in [2.45, 2.75) is 13.1 Å². The molecule has 0 bridgehead atoms. The first-order chi connectivity index (χ1) is 16.3. The van der Waals surface area contributed by atoms with Gasteiger partial charge in [0.25, 0.3) is 5.91 Å². The van der Waals surface area contributed by atoms with E-state index in [9.17, 15) is 18.0 Å². The number of imidazole rings is 2. The highest BCUT2D eigenvalue weighted by Crippen LogP contribution is 2.33. The third-order valence-electron chi connectivity index (χ3n) is 5.40. The molecule has 34 heavy (non-hydrogen) atoms. The number of halogens is 3. The second-order valence-electron chi connectivity index (χ2n) is 7.67. The number of anilines is 1. The molecule has 3 aromatic heterocycles. The molecule has 170 valence electrons. The number of nitrogens with one attached hydrogen (secondary N) is 1. The molecule has 0 unspecified atom stereocenters. The first-order valence-electron chi connectivity index (χ1n) is 10.2. The molecule has 7 nitrogen and oxygen atoms in total. The molecule has 0 radical (unpaired) electrons. The molecule has 0 saturated carbocycles. The van der Waals surface area contributed by atoms with Gasteiger partial charge in [-0.15, -0.1) is 0 Å². The van der Waals surface area contributed by atoms with Crippen LogP contribution in [-0.2, 0) is 6.18 Å². The maximum atomic E-state index is 13.5. The van der Waals surface area contributed by atoms with Gasteiger partial charge in [0, 0.05) is 47.3 Å². The number of aryl methyl sites for hydroxylation is 1. The zero-order chi connectivity index (χ0) is 23.9. The number of carbonyl (C=O) groups excluding carboxylic acids is 1. The smallest absolute Gasteiger partial charge is 0.322 e. The first-order valence-corrected chi connectivity index (χ1v) is 10.2. The third-order valence-corrected chi connectivity index (χ3v) is 5.40. The van der Waals surface area contributed by atoms with Crippen molar-refractivity contribution in [2.75, 3.05) is 5.32 Å². The van der Waals surface area contributed by atoms with Gasteiger partial charge in [-0.2, -0.15) is 13.2 Å². The fraction of sp³-hybridized carbons (Fsp3) is 0.0833. The Morgan fingerprint density at radius 1 is 1.00 bits per heavy atom. The summed E-state index contributed by atoms with van der Waals surface area (Å²) < 4.78 is 43.7. The van der Waals surface area contributed by atoms with E-state index in [1.807, 2.05) is 11.3 Å². The first kappa shape index (κ1) is 21.4. The highest BCUT2D eigenvalue weighted by Gasteiger charge is 2.31. The van der Waals surface area contributed by atoms with Crippen molar-refractivity contribution < 1.29 is 18.0 Å². The molecule has 10 heteroatoms. The van der Waals surface area contributed by atoms with Gasteiger partial charge < -0.3 is 9.88 Å². The Morgan fingerprint density at radius 3 is 2.59 bits per heavy atom. The van der Waals surface area contributed by atoms with Gasteiger partial charge in [0.1, 0.15) is 0 Å². The van der Waals surface area contributed by atoms with Gasteiger partial charge in [0.05, 0.1) is 30.0 Å². The number of carbonyl (C=O) groups is 1. The van der Waals surface area contributed by atoms with E-state index in [0.29, 0.717) is 11.2 Å². The van der Waals surface area contributed by atoms with Gasteiger partial charge in [-0.1, -0.05) is 6.07 Å². The topological polar surface area (TPSA) is 77.1 Å². The van der Waals surface area contributed by atoms with E-state index in [4.69, 9.17) is 0 Å². The van der Waals surface area contributed by atoms with Crippen LogP contribution in [0.1, 0.15) is 21.5 Å². The Bertz CT molecular complexity index is 1510. The predicted octanol–water partition coefficient (Wildman–Crippen LogP) is 5.16. The average molecular weight is 462 g/mol. The van der Waals surface area contributed by atoms with Gasteiger partial charge in [0.15, 0.2) is 5.65 Å². The van der Waals surface area contributed by atoms with E-state index in [2.05, 4.69) is 20.3 Å². The lowest BCUT2D eigenvalue weighted by Crippen LogP contribution is -2.14. The summed E-state index contributed by atoms with van der Waals surface area (Å²) in [6.07, 6.45) is 6.51. The van der Waals surface area contributed by atoms with Crippen molar-refractivity contribution in [1.82, 2.24) is 23.9 Å². The van der Waals surface area contributed by atoms with Crippen LogP contribution in [0.3, 0.4) is 0 Å². The van der Waals surface area contributed by atoms with E-state index in [1.54, 1.807) is 43.0 Å². The van der Waals surface area contributed by atoms with Gasteiger partial charge in [-0.05, 0) is 42.8 Å². The molecule has 0 aliphatic rings. The minimum atomic E-state index is -4.58. The standard InChI is InChI=1S/C24H17F3N6O/c1-15-2-3-16(8-20(15)21-12-30-22-13-28-5-7-33(21)22)23(34)31-18-9-17(24(25,26)27)10-19(11-18)32-6-4-29-14-32/h2-14H,1H3,(H,31,34).